The zero-order chi connectivity index (χ0) is 12.6. The van der Waals surface area contributed by atoms with E-state index in [4.69, 9.17) is 5.73 Å². The quantitative estimate of drug-likeness (QED) is 0.786. The van der Waals surface area contributed by atoms with E-state index >= 15 is 0 Å². The Morgan fingerprint density at radius 3 is 2.35 bits per heavy atom. The lowest BCUT2D eigenvalue weighted by molar-refractivity contribution is -0.126. The van der Waals surface area contributed by atoms with Crippen molar-refractivity contribution in [1.82, 2.24) is 5.32 Å². The van der Waals surface area contributed by atoms with Crippen LogP contribution in [0.4, 0.5) is 0 Å². The fourth-order valence-corrected chi connectivity index (χ4v) is 3.11. The van der Waals surface area contributed by atoms with E-state index in [0.717, 1.165) is 31.1 Å². The Morgan fingerprint density at radius 1 is 1.29 bits per heavy atom. The van der Waals surface area contributed by atoms with Gasteiger partial charge in [-0.15, -0.1) is 0 Å². The highest BCUT2D eigenvalue weighted by Gasteiger charge is 2.48. The van der Waals surface area contributed by atoms with Gasteiger partial charge in [0, 0.05) is 12.0 Å². The summed E-state index contributed by atoms with van der Waals surface area (Å²) >= 11 is 0. The summed E-state index contributed by atoms with van der Waals surface area (Å²) in [7, 11) is 0. The molecule has 3 heteroatoms. The molecule has 3 nitrogen and oxygen atoms in total. The number of carbonyl (C=O) groups excluding carboxylic acids is 1. The van der Waals surface area contributed by atoms with Crippen LogP contribution in [-0.4, -0.2) is 18.5 Å². The monoisotopic (exact) mass is 238 g/mol. The van der Waals surface area contributed by atoms with Crippen LogP contribution in [0, 0.1) is 23.2 Å². The molecule has 2 aliphatic rings. The highest BCUT2D eigenvalue weighted by molar-refractivity contribution is 5.79. The van der Waals surface area contributed by atoms with Crippen LogP contribution in [0.1, 0.15) is 46.5 Å². The minimum Gasteiger partial charge on any atom is -0.353 e. The summed E-state index contributed by atoms with van der Waals surface area (Å²) in [5, 5.41) is 3.22. The van der Waals surface area contributed by atoms with Crippen LogP contribution in [-0.2, 0) is 4.79 Å². The molecule has 0 saturated heterocycles. The van der Waals surface area contributed by atoms with E-state index < -0.39 is 0 Å². The van der Waals surface area contributed by atoms with Crippen molar-refractivity contribution < 1.29 is 4.79 Å². The first-order valence-electron chi connectivity index (χ1n) is 6.92. The second kappa shape index (κ2) is 4.60. The summed E-state index contributed by atoms with van der Waals surface area (Å²) in [6, 6.07) is 0.205. The van der Waals surface area contributed by atoms with Gasteiger partial charge >= 0.3 is 0 Å². The third-order valence-corrected chi connectivity index (χ3v) is 4.43. The average Bonchev–Trinajstić information content (AvgIpc) is 2.83. The zero-order valence-corrected chi connectivity index (χ0v) is 11.3. The molecular weight excluding hydrogens is 212 g/mol. The van der Waals surface area contributed by atoms with Gasteiger partial charge in [-0.3, -0.25) is 4.79 Å². The average molecular weight is 238 g/mol. The largest absolute Gasteiger partial charge is 0.353 e. The Labute approximate surface area is 105 Å². The standard InChI is InChI=1S/C14H26N2O/c1-14(2,3)12(4-5-15)16-13(17)11-7-9-6-10(9)8-11/h9-12H,4-8,15H2,1-3H3,(H,16,17). The molecule has 3 unspecified atom stereocenters. The molecule has 98 valence electrons. The van der Waals surface area contributed by atoms with E-state index in [1.807, 2.05) is 0 Å². The van der Waals surface area contributed by atoms with Crippen LogP contribution in [0.5, 0.6) is 0 Å². The molecule has 2 aliphatic carbocycles. The molecule has 0 heterocycles. The van der Waals surface area contributed by atoms with Crippen molar-refractivity contribution in [2.75, 3.05) is 6.54 Å². The second-order valence-electron chi connectivity index (χ2n) is 6.93. The summed E-state index contributed by atoms with van der Waals surface area (Å²) in [6.45, 7) is 7.14. The Kier molecular flexibility index (Phi) is 3.48. The van der Waals surface area contributed by atoms with Crippen LogP contribution in [0.25, 0.3) is 0 Å². The molecule has 0 aromatic rings. The van der Waals surface area contributed by atoms with E-state index in [9.17, 15) is 4.79 Å². The topological polar surface area (TPSA) is 55.1 Å². The number of nitrogens with one attached hydrogen (secondary N) is 1. The molecule has 0 aromatic heterocycles. The van der Waals surface area contributed by atoms with Crippen molar-refractivity contribution in [3.63, 3.8) is 0 Å². The van der Waals surface area contributed by atoms with Gasteiger partial charge in [0.1, 0.15) is 0 Å². The van der Waals surface area contributed by atoms with Crippen LogP contribution < -0.4 is 11.1 Å². The molecule has 2 saturated carbocycles. The molecular formula is C14H26N2O. The van der Waals surface area contributed by atoms with Gasteiger partial charge in [0.2, 0.25) is 5.91 Å². The number of rotatable bonds is 4. The third-order valence-electron chi connectivity index (χ3n) is 4.43. The normalized spacial score (nSPS) is 33.1. The SMILES string of the molecule is CC(C)(C)C(CCN)NC(=O)C1CC2CC2C1. The molecule has 2 fully saturated rings. The maximum absolute atomic E-state index is 12.2. The Bertz CT molecular complexity index is 285. The fraction of sp³-hybridized carbons (Fsp3) is 0.929. The number of carbonyl (C=O) groups is 1. The summed E-state index contributed by atoms with van der Waals surface area (Å²) in [6.07, 6.45) is 4.48. The molecule has 3 N–H and O–H groups in total. The van der Waals surface area contributed by atoms with Crippen molar-refractivity contribution in [3.05, 3.63) is 0 Å². The first-order valence-corrected chi connectivity index (χ1v) is 6.92. The smallest absolute Gasteiger partial charge is 0.223 e. The minimum absolute atomic E-state index is 0.0938. The minimum atomic E-state index is 0.0938. The van der Waals surface area contributed by atoms with Gasteiger partial charge < -0.3 is 11.1 Å². The van der Waals surface area contributed by atoms with Gasteiger partial charge in [0.15, 0.2) is 0 Å². The number of amides is 1. The van der Waals surface area contributed by atoms with Crippen molar-refractivity contribution in [2.45, 2.75) is 52.5 Å². The number of hydrogen-bond acceptors (Lipinski definition) is 2. The summed E-state index contributed by atoms with van der Waals surface area (Å²) < 4.78 is 0. The molecule has 0 aliphatic heterocycles. The van der Waals surface area contributed by atoms with Crippen LogP contribution >= 0.6 is 0 Å². The van der Waals surface area contributed by atoms with Gasteiger partial charge in [0.05, 0.1) is 0 Å². The molecule has 0 bridgehead atoms. The van der Waals surface area contributed by atoms with Gasteiger partial charge in [-0.25, -0.2) is 0 Å². The first-order chi connectivity index (χ1) is 7.91. The predicted octanol–water partition coefficient (Wildman–Crippen LogP) is 1.91. The molecule has 3 atom stereocenters. The van der Waals surface area contributed by atoms with E-state index in [1.165, 1.54) is 6.42 Å². The van der Waals surface area contributed by atoms with E-state index in [1.54, 1.807) is 0 Å². The van der Waals surface area contributed by atoms with E-state index in [2.05, 4.69) is 26.1 Å². The molecule has 2 rings (SSSR count). The lowest BCUT2D eigenvalue weighted by atomic mass is 9.84. The van der Waals surface area contributed by atoms with Gasteiger partial charge in [-0.05, 0) is 49.5 Å². The lowest BCUT2D eigenvalue weighted by Crippen LogP contribution is -2.46. The highest BCUT2D eigenvalue weighted by atomic mass is 16.2. The van der Waals surface area contributed by atoms with Crippen molar-refractivity contribution in [3.8, 4) is 0 Å². The first kappa shape index (κ1) is 12.9. The zero-order valence-electron chi connectivity index (χ0n) is 11.3. The Balaban J connectivity index is 1.86. The fourth-order valence-electron chi connectivity index (χ4n) is 3.11. The van der Waals surface area contributed by atoms with Crippen LogP contribution in [0.3, 0.4) is 0 Å². The summed E-state index contributed by atoms with van der Waals surface area (Å²) in [5.41, 5.74) is 5.73. The maximum Gasteiger partial charge on any atom is 0.223 e. The van der Waals surface area contributed by atoms with E-state index in [0.29, 0.717) is 6.54 Å². The summed E-state index contributed by atoms with van der Waals surface area (Å²) in [5.74, 6) is 2.29. The van der Waals surface area contributed by atoms with Crippen LogP contribution in [0.15, 0.2) is 0 Å². The molecule has 0 spiro atoms. The van der Waals surface area contributed by atoms with Gasteiger partial charge in [-0.1, -0.05) is 20.8 Å². The van der Waals surface area contributed by atoms with Crippen LogP contribution in [0.2, 0.25) is 0 Å². The molecule has 17 heavy (non-hydrogen) atoms. The molecule has 1 amide bonds. The summed E-state index contributed by atoms with van der Waals surface area (Å²) in [4.78, 5) is 12.2. The van der Waals surface area contributed by atoms with E-state index in [-0.39, 0.29) is 23.3 Å². The van der Waals surface area contributed by atoms with Crippen molar-refractivity contribution >= 4 is 5.91 Å². The third kappa shape index (κ3) is 3.01. The molecule has 0 radical (unpaired) electrons. The Hall–Kier alpha value is -0.570. The lowest BCUT2D eigenvalue weighted by Gasteiger charge is -2.32. The highest BCUT2D eigenvalue weighted by Crippen LogP contribution is 2.54. The van der Waals surface area contributed by atoms with Crippen molar-refractivity contribution in [1.29, 1.82) is 0 Å². The molecule has 0 aromatic carbocycles. The number of hydrogen-bond donors (Lipinski definition) is 2. The van der Waals surface area contributed by atoms with Gasteiger partial charge in [0.25, 0.3) is 0 Å². The van der Waals surface area contributed by atoms with Crippen molar-refractivity contribution in [2.24, 2.45) is 28.9 Å². The maximum atomic E-state index is 12.2. The Morgan fingerprint density at radius 2 is 1.88 bits per heavy atom. The number of nitrogens with two attached hydrogens (primary N) is 1. The van der Waals surface area contributed by atoms with Gasteiger partial charge in [-0.2, -0.15) is 0 Å². The predicted molar refractivity (Wildman–Crippen MR) is 69.4 cm³/mol. The second-order valence-corrected chi connectivity index (χ2v) is 6.93. The number of fused-ring (bicyclic) bond motifs is 1.